The van der Waals surface area contributed by atoms with Gasteiger partial charge >= 0.3 is 11.9 Å². The Labute approximate surface area is 204 Å². The lowest BCUT2D eigenvalue weighted by Crippen LogP contribution is -2.04. The molecule has 9 nitrogen and oxygen atoms in total. The van der Waals surface area contributed by atoms with Crippen LogP contribution in [0.1, 0.15) is 27.0 Å². The molecule has 0 saturated carbocycles. The molecule has 0 unspecified atom stereocenters. The Balaban J connectivity index is 1.67. The highest BCUT2D eigenvalue weighted by Gasteiger charge is 2.10. The number of hydrogen-bond acceptors (Lipinski definition) is 8. The van der Waals surface area contributed by atoms with Crippen molar-refractivity contribution in [2.24, 2.45) is 0 Å². The van der Waals surface area contributed by atoms with Crippen LogP contribution >= 0.6 is 0 Å². The zero-order chi connectivity index (χ0) is 26.2. The van der Waals surface area contributed by atoms with E-state index < -0.39 is 17.7 Å². The molecule has 3 aromatic carbocycles. The van der Waals surface area contributed by atoms with Gasteiger partial charge in [0.25, 0.3) is 0 Å². The van der Waals surface area contributed by atoms with E-state index in [1.165, 1.54) is 78.9 Å². The fourth-order valence-corrected chi connectivity index (χ4v) is 2.96. The van der Waals surface area contributed by atoms with Crippen LogP contribution in [-0.2, 0) is 9.59 Å². The SMILES string of the molecule is O=C(O)C=Cc1ccc(O)c(OC(=O)C=Cc2ccc(C(=O)C=Cc3ccc(O)c(O)c3)c(O)c2)c1. The Kier molecular flexibility index (Phi) is 7.88. The molecular weight excluding hydrogens is 468 g/mol. The summed E-state index contributed by atoms with van der Waals surface area (Å²) in [5, 5.41) is 47.6. The minimum absolute atomic E-state index is 0.00475. The third-order valence-electron chi connectivity index (χ3n) is 4.74. The Bertz CT molecular complexity index is 1410. The summed E-state index contributed by atoms with van der Waals surface area (Å²) >= 11 is 0. The van der Waals surface area contributed by atoms with Crippen LogP contribution < -0.4 is 4.74 Å². The summed E-state index contributed by atoms with van der Waals surface area (Å²) in [5.41, 5.74) is 1.25. The van der Waals surface area contributed by atoms with E-state index in [0.717, 1.165) is 12.2 Å². The molecule has 36 heavy (non-hydrogen) atoms. The fourth-order valence-electron chi connectivity index (χ4n) is 2.96. The standard InChI is InChI=1S/C27H20O9/c28-20(8-2-17-3-9-21(29)24(32)14-17)19-7-1-16(13-23(19)31)6-12-27(35)36-25-15-18(4-10-22(25)30)5-11-26(33)34/h1-15,29-32H,(H,33,34). The number of rotatable bonds is 8. The molecule has 3 aromatic rings. The van der Waals surface area contributed by atoms with Gasteiger partial charge in [-0.2, -0.15) is 0 Å². The number of aliphatic carboxylic acids is 1. The van der Waals surface area contributed by atoms with Crippen LogP contribution in [0.15, 0.2) is 72.8 Å². The molecule has 0 aliphatic carbocycles. The van der Waals surface area contributed by atoms with Crippen LogP contribution in [0.3, 0.4) is 0 Å². The van der Waals surface area contributed by atoms with Gasteiger partial charge in [0, 0.05) is 12.2 Å². The third kappa shape index (κ3) is 6.84. The number of esters is 1. The molecule has 0 bridgehead atoms. The van der Waals surface area contributed by atoms with Crippen molar-refractivity contribution in [3.63, 3.8) is 0 Å². The number of carboxylic acids is 1. The first-order valence-corrected chi connectivity index (χ1v) is 10.3. The van der Waals surface area contributed by atoms with E-state index in [1.54, 1.807) is 0 Å². The van der Waals surface area contributed by atoms with Crippen LogP contribution in [0, 0.1) is 0 Å². The van der Waals surface area contributed by atoms with Gasteiger partial charge in [0.05, 0.1) is 5.56 Å². The van der Waals surface area contributed by atoms with E-state index >= 15 is 0 Å². The molecule has 3 rings (SSSR count). The Hall–Kier alpha value is -5.31. The van der Waals surface area contributed by atoms with Crippen molar-refractivity contribution in [1.82, 2.24) is 0 Å². The monoisotopic (exact) mass is 488 g/mol. The highest BCUT2D eigenvalue weighted by atomic mass is 16.5. The van der Waals surface area contributed by atoms with E-state index in [0.29, 0.717) is 16.7 Å². The molecule has 0 aliphatic heterocycles. The van der Waals surface area contributed by atoms with Gasteiger partial charge in [0.15, 0.2) is 28.8 Å². The molecule has 0 atom stereocenters. The number of hydrogen-bond donors (Lipinski definition) is 5. The number of aromatic hydroxyl groups is 4. The first-order chi connectivity index (χ1) is 17.1. The average molecular weight is 488 g/mol. The van der Waals surface area contributed by atoms with Gasteiger partial charge in [-0.05, 0) is 71.3 Å². The zero-order valence-corrected chi connectivity index (χ0v) is 18.5. The molecule has 0 fully saturated rings. The second kappa shape index (κ2) is 11.2. The number of carbonyl (C=O) groups is 3. The maximum absolute atomic E-state index is 12.4. The molecule has 0 aromatic heterocycles. The quantitative estimate of drug-likeness (QED) is 0.103. The predicted molar refractivity (Wildman–Crippen MR) is 131 cm³/mol. The number of benzene rings is 3. The van der Waals surface area contributed by atoms with E-state index in [1.807, 2.05) is 0 Å². The Morgan fingerprint density at radius 2 is 1.17 bits per heavy atom. The van der Waals surface area contributed by atoms with Gasteiger partial charge in [0.2, 0.25) is 0 Å². The van der Waals surface area contributed by atoms with Crippen molar-refractivity contribution in [1.29, 1.82) is 0 Å². The van der Waals surface area contributed by atoms with Crippen molar-refractivity contribution in [2.75, 3.05) is 0 Å². The number of ether oxygens (including phenoxy) is 1. The molecule has 9 heteroatoms. The lowest BCUT2D eigenvalue weighted by Gasteiger charge is -2.05. The summed E-state index contributed by atoms with van der Waals surface area (Å²) in [6, 6.07) is 12.2. The third-order valence-corrected chi connectivity index (χ3v) is 4.74. The van der Waals surface area contributed by atoms with E-state index in [9.17, 15) is 34.8 Å². The summed E-state index contributed by atoms with van der Waals surface area (Å²) in [7, 11) is 0. The van der Waals surface area contributed by atoms with Crippen LogP contribution in [-0.4, -0.2) is 43.3 Å². The molecule has 0 aliphatic rings. The maximum Gasteiger partial charge on any atom is 0.336 e. The second-order valence-corrected chi connectivity index (χ2v) is 7.38. The van der Waals surface area contributed by atoms with Gasteiger partial charge in [0.1, 0.15) is 5.75 Å². The summed E-state index contributed by atoms with van der Waals surface area (Å²) in [5.74, 6) is -3.96. The van der Waals surface area contributed by atoms with Crippen molar-refractivity contribution in [2.45, 2.75) is 0 Å². The van der Waals surface area contributed by atoms with Gasteiger partial charge in [-0.3, -0.25) is 4.79 Å². The Morgan fingerprint density at radius 1 is 0.611 bits per heavy atom. The first-order valence-electron chi connectivity index (χ1n) is 10.3. The van der Waals surface area contributed by atoms with Crippen molar-refractivity contribution >= 4 is 35.9 Å². The summed E-state index contributed by atoms with van der Waals surface area (Å²) in [6.07, 6.45) is 7.15. The topological polar surface area (TPSA) is 162 Å². The fraction of sp³-hybridized carbons (Fsp3) is 0. The zero-order valence-electron chi connectivity index (χ0n) is 18.5. The number of phenols is 4. The van der Waals surface area contributed by atoms with Crippen LogP contribution in [0.2, 0.25) is 0 Å². The van der Waals surface area contributed by atoms with E-state index in [4.69, 9.17) is 9.84 Å². The highest BCUT2D eigenvalue weighted by Crippen LogP contribution is 2.28. The highest BCUT2D eigenvalue weighted by molar-refractivity contribution is 6.08. The summed E-state index contributed by atoms with van der Waals surface area (Å²) in [6.45, 7) is 0. The molecule has 0 amide bonds. The largest absolute Gasteiger partial charge is 0.507 e. The van der Waals surface area contributed by atoms with Crippen LogP contribution in [0.5, 0.6) is 28.7 Å². The van der Waals surface area contributed by atoms with Gasteiger partial charge in [-0.15, -0.1) is 0 Å². The number of carboxylic acid groups (broad SMARTS) is 1. The molecule has 0 heterocycles. The number of carbonyl (C=O) groups excluding carboxylic acids is 2. The molecule has 5 N–H and O–H groups in total. The lowest BCUT2D eigenvalue weighted by molar-refractivity contribution is -0.131. The van der Waals surface area contributed by atoms with E-state index in [-0.39, 0.29) is 34.3 Å². The van der Waals surface area contributed by atoms with Gasteiger partial charge in [-0.1, -0.05) is 24.3 Å². The Morgan fingerprint density at radius 3 is 1.81 bits per heavy atom. The van der Waals surface area contributed by atoms with Crippen LogP contribution in [0.25, 0.3) is 18.2 Å². The minimum atomic E-state index is -1.16. The first kappa shape index (κ1) is 25.3. The van der Waals surface area contributed by atoms with Gasteiger partial charge in [-0.25, -0.2) is 9.59 Å². The maximum atomic E-state index is 12.4. The molecular formula is C27H20O9. The van der Waals surface area contributed by atoms with Gasteiger partial charge < -0.3 is 30.3 Å². The lowest BCUT2D eigenvalue weighted by atomic mass is 10.0. The number of ketones is 1. The van der Waals surface area contributed by atoms with Crippen molar-refractivity contribution in [3.8, 4) is 28.7 Å². The second-order valence-electron chi connectivity index (χ2n) is 7.38. The summed E-state index contributed by atoms with van der Waals surface area (Å²) < 4.78 is 5.08. The number of allylic oxidation sites excluding steroid dienone is 1. The number of phenolic OH excluding ortho intramolecular Hbond substituents is 4. The summed E-state index contributed by atoms with van der Waals surface area (Å²) in [4.78, 5) is 35.2. The van der Waals surface area contributed by atoms with Crippen molar-refractivity contribution in [3.05, 3.63) is 95.1 Å². The normalized spacial score (nSPS) is 11.3. The van der Waals surface area contributed by atoms with Crippen molar-refractivity contribution < 1.29 is 44.7 Å². The smallest absolute Gasteiger partial charge is 0.336 e. The molecule has 0 saturated heterocycles. The molecule has 0 spiro atoms. The molecule has 0 radical (unpaired) electrons. The predicted octanol–water partition coefficient (Wildman–Crippen LogP) is 4.12. The molecule has 182 valence electrons. The minimum Gasteiger partial charge on any atom is -0.507 e. The van der Waals surface area contributed by atoms with Crippen LogP contribution in [0.4, 0.5) is 0 Å². The van der Waals surface area contributed by atoms with E-state index in [2.05, 4.69) is 0 Å². The average Bonchev–Trinajstić information content (AvgIpc) is 2.83.